The Bertz CT molecular complexity index is 936. The molecular weight excluding hydrogens is 390 g/mol. The molecule has 0 bridgehead atoms. The fraction of sp³-hybridized carbons (Fsp3) is 0.333. The second-order valence-corrected chi connectivity index (χ2v) is 7.05. The summed E-state index contributed by atoms with van der Waals surface area (Å²) in [4.78, 5) is 37.9. The second-order valence-electron chi connectivity index (χ2n) is 7.05. The van der Waals surface area contributed by atoms with E-state index in [0.717, 1.165) is 11.3 Å². The Labute approximate surface area is 173 Å². The summed E-state index contributed by atoms with van der Waals surface area (Å²) in [6.07, 6.45) is 0.137. The number of aromatic carboxylic acids is 1. The van der Waals surface area contributed by atoms with E-state index in [4.69, 9.17) is 9.84 Å². The lowest BCUT2D eigenvalue weighted by atomic mass is 10.2. The number of rotatable bonds is 7. The molecule has 0 aromatic heterocycles. The summed E-state index contributed by atoms with van der Waals surface area (Å²) in [7, 11) is 0. The Morgan fingerprint density at radius 2 is 1.77 bits per heavy atom. The maximum atomic E-state index is 12.5. The Hall–Kier alpha value is -3.62. The number of anilines is 1. The molecule has 1 saturated heterocycles. The Balaban J connectivity index is 1.48. The van der Waals surface area contributed by atoms with Gasteiger partial charge in [0.2, 0.25) is 5.91 Å². The molecule has 1 heterocycles. The van der Waals surface area contributed by atoms with Crippen LogP contribution in [0.3, 0.4) is 0 Å². The molecule has 1 aliphatic rings. The fourth-order valence-electron chi connectivity index (χ4n) is 3.33. The van der Waals surface area contributed by atoms with E-state index in [1.54, 1.807) is 48.2 Å². The second kappa shape index (κ2) is 9.25. The number of nitro groups is 1. The van der Waals surface area contributed by atoms with Crippen LogP contribution in [-0.4, -0.2) is 59.6 Å². The molecule has 3 rings (SSSR count). The number of ether oxygens (including phenoxy) is 1. The number of hydrogen-bond acceptors (Lipinski definition) is 6. The lowest BCUT2D eigenvalue weighted by Crippen LogP contribution is -2.49. The van der Waals surface area contributed by atoms with Crippen molar-refractivity contribution in [1.82, 2.24) is 4.90 Å². The highest BCUT2D eigenvalue weighted by Crippen LogP contribution is 2.27. The summed E-state index contributed by atoms with van der Waals surface area (Å²) in [5, 5.41) is 20.1. The van der Waals surface area contributed by atoms with Crippen molar-refractivity contribution in [2.75, 3.05) is 37.7 Å². The first kappa shape index (κ1) is 21.1. The zero-order chi connectivity index (χ0) is 21.7. The van der Waals surface area contributed by atoms with Gasteiger partial charge in [-0.05, 0) is 42.8 Å². The molecule has 0 atom stereocenters. The van der Waals surface area contributed by atoms with Gasteiger partial charge in [0, 0.05) is 37.9 Å². The molecule has 9 heteroatoms. The molecule has 1 amide bonds. The number of nitrogens with zero attached hydrogens (tertiary/aromatic N) is 3. The van der Waals surface area contributed by atoms with Crippen molar-refractivity contribution in [3.8, 4) is 5.75 Å². The van der Waals surface area contributed by atoms with E-state index in [2.05, 4.69) is 4.90 Å². The number of carbonyl (C=O) groups excluding carboxylic acids is 1. The SMILES string of the molecule is Cc1ccc(OCCC(=O)N2CCN(c3ccc(C(=O)O)cc3)CC2)c([N+](=O)[O-])c1. The predicted molar refractivity (Wildman–Crippen MR) is 110 cm³/mol. The van der Waals surface area contributed by atoms with Crippen LogP contribution in [0.15, 0.2) is 42.5 Å². The summed E-state index contributed by atoms with van der Waals surface area (Å²) in [5.74, 6) is -0.867. The summed E-state index contributed by atoms with van der Waals surface area (Å²) in [5.41, 5.74) is 1.81. The Morgan fingerprint density at radius 1 is 1.10 bits per heavy atom. The maximum absolute atomic E-state index is 12.5. The van der Waals surface area contributed by atoms with Crippen LogP contribution >= 0.6 is 0 Å². The minimum atomic E-state index is -0.963. The van der Waals surface area contributed by atoms with Crippen LogP contribution in [0.25, 0.3) is 0 Å². The molecule has 30 heavy (non-hydrogen) atoms. The third kappa shape index (κ3) is 5.05. The predicted octanol–water partition coefficient (Wildman–Crippen LogP) is 2.72. The first-order chi connectivity index (χ1) is 14.3. The largest absolute Gasteiger partial charge is 0.486 e. The molecule has 0 unspecified atom stereocenters. The van der Waals surface area contributed by atoms with Gasteiger partial charge in [-0.3, -0.25) is 14.9 Å². The first-order valence-corrected chi connectivity index (χ1v) is 9.59. The van der Waals surface area contributed by atoms with Gasteiger partial charge in [0.15, 0.2) is 5.75 Å². The lowest BCUT2D eigenvalue weighted by Gasteiger charge is -2.36. The average molecular weight is 413 g/mol. The highest BCUT2D eigenvalue weighted by atomic mass is 16.6. The molecular formula is C21H23N3O6. The van der Waals surface area contributed by atoms with Crippen LogP contribution in [-0.2, 0) is 4.79 Å². The highest BCUT2D eigenvalue weighted by Gasteiger charge is 2.22. The number of carboxylic acids is 1. The summed E-state index contributed by atoms with van der Waals surface area (Å²) in [6, 6.07) is 11.4. The van der Waals surface area contributed by atoms with Gasteiger partial charge in [-0.25, -0.2) is 4.79 Å². The molecule has 158 valence electrons. The zero-order valence-electron chi connectivity index (χ0n) is 16.6. The molecule has 9 nitrogen and oxygen atoms in total. The molecule has 2 aromatic carbocycles. The van der Waals surface area contributed by atoms with E-state index in [1.165, 1.54) is 6.07 Å². The number of nitro benzene ring substituents is 1. The third-order valence-corrected chi connectivity index (χ3v) is 5.00. The van der Waals surface area contributed by atoms with Crippen molar-refractivity contribution in [3.05, 3.63) is 63.7 Å². The van der Waals surface area contributed by atoms with E-state index in [9.17, 15) is 19.7 Å². The summed E-state index contributed by atoms with van der Waals surface area (Å²) >= 11 is 0. The van der Waals surface area contributed by atoms with E-state index < -0.39 is 10.9 Å². The number of piperazine rings is 1. The minimum Gasteiger partial charge on any atom is -0.486 e. The third-order valence-electron chi connectivity index (χ3n) is 5.00. The van der Waals surface area contributed by atoms with E-state index in [1.807, 2.05) is 0 Å². The Morgan fingerprint density at radius 3 is 2.37 bits per heavy atom. The van der Waals surface area contributed by atoms with Gasteiger partial charge < -0.3 is 19.6 Å². The van der Waals surface area contributed by atoms with Crippen LogP contribution in [0.5, 0.6) is 5.75 Å². The van der Waals surface area contributed by atoms with Gasteiger partial charge in [0.05, 0.1) is 23.5 Å². The molecule has 0 spiro atoms. The number of carbonyl (C=O) groups is 2. The number of carboxylic acid groups (broad SMARTS) is 1. The molecule has 0 aliphatic carbocycles. The van der Waals surface area contributed by atoms with E-state index >= 15 is 0 Å². The monoisotopic (exact) mass is 413 g/mol. The number of aryl methyl sites for hydroxylation is 1. The van der Waals surface area contributed by atoms with E-state index in [-0.39, 0.29) is 35.9 Å². The summed E-state index contributed by atoms with van der Waals surface area (Å²) < 4.78 is 5.49. The normalized spacial score (nSPS) is 13.8. The quantitative estimate of drug-likeness (QED) is 0.548. The number of amides is 1. The minimum absolute atomic E-state index is 0.0642. The van der Waals surface area contributed by atoms with Crippen LogP contribution in [0.1, 0.15) is 22.3 Å². The van der Waals surface area contributed by atoms with Gasteiger partial charge in [0.25, 0.3) is 0 Å². The van der Waals surface area contributed by atoms with Crippen molar-refractivity contribution in [1.29, 1.82) is 0 Å². The van der Waals surface area contributed by atoms with Crippen molar-refractivity contribution < 1.29 is 24.4 Å². The van der Waals surface area contributed by atoms with Crippen molar-refractivity contribution in [2.45, 2.75) is 13.3 Å². The molecule has 1 fully saturated rings. The Kier molecular flexibility index (Phi) is 6.51. The molecule has 1 N–H and O–H groups in total. The van der Waals surface area contributed by atoms with Crippen LogP contribution in [0, 0.1) is 17.0 Å². The zero-order valence-corrected chi connectivity index (χ0v) is 16.6. The molecule has 0 radical (unpaired) electrons. The van der Waals surface area contributed by atoms with Crippen molar-refractivity contribution in [2.24, 2.45) is 0 Å². The van der Waals surface area contributed by atoms with Crippen LogP contribution in [0.4, 0.5) is 11.4 Å². The average Bonchev–Trinajstić information content (AvgIpc) is 2.74. The van der Waals surface area contributed by atoms with Gasteiger partial charge in [-0.2, -0.15) is 0 Å². The molecule has 0 saturated carbocycles. The van der Waals surface area contributed by atoms with Gasteiger partial charge in [-0.15, -0.1) is 0 Å². The first-order valence-electron chi connectivity index (χ1n) is 9.59. The summed E-state index contributed by atoms with van der Waals surface area (Å²) in [6.45, 7) is 4.21. The standard InChI is InChI=1S/C21H23N3O6/c1-15-2-7-19(18(14-15)24(28)29)30-13-8-20(25)23-11-9-22(10-12-23)17-5-3-16(4-6-17)21(26)27/h2-7,14H,8-13H2,1H3,(H,26,27). The fourth-order valence-corrected chi connectivity index (χ4v) is 3.33. The van der Waals surface area contributed by atoms with Crippen molar-refractivity contribution >= 4 is 23.3 Å². The highest BCUT2D eigenvalue weighted by molar-refractivity contribution is 5.88. The number of hydrogen-bond donors (Lipinski definition) is 1. The van der Waals surface area contributed by atoms with Crippen LogP contribution < -0.4 is 9.64 Å². The van der Waals surface area contributed by atoms with Crippen LogP contribution in [0.2, 0.25) is 0 Å². The maximum Gasteiger partial charge on any atom is 0.335 e. The van der Waals surface area contributed by atoms with Gasteiger partial charge >= 0.3 is 11.7 Å². The topological polar surface area (TPSA) is 113 Å². The number of benzene rings is 2. The van der Waals surface area contributed by atoms with E-state index in [0.29, 0.717) is 26.2 Å². The lowest BCUT2D eigenvalue weighted by molar-refractivity contribution is -0.385. The van der Waals surface area contributed by atoms with Crippen molar-refractivity contribution in [3.63, 3.8) is 0 Å². The van der Waals surface area contributed by atoms with Gasteiger partial charge in [0.1, 0.15) is 0 Å². The smallest absolute Gasteiger partial charge is 0.335 e. The van der Waals surface area contributed by atoms with Gasteiger partial charge in [-0.1, -0.05) is 6.07 Å². The molecule has 2 aromatic rings. The molecule has 1 aliphatic heterocycles.